The molecular formula is C62H112NO8P. The zero-order chi connectivity index (χ0) is 52.7. The first-order valence-electron chi connectivity index (χ1n) is 29.6. The van der Waals surface area contributed by atoms with Gasteiger partial charge in [-0.05, 0) is 83.5 Å². The van der Waals surface area contributed by atoms with Crippen LogP contribution in [0.4, 0.5) is 0 Å². The van der Waals surface area contributed by atoms with Crippen LogP contribution < -0.4 is 4.89 Å². The summed E-state index contributed by atoms with van der Waals surface area (Å²) in [6.45, 7) is 4.13. The zero-order valence-electron chi connectivity index (χ0n) is 47.4. The highest BCUT2D eigenvalue weighted by atomic mass is 31.2. The fourth-order valence-electron chi connectivity index (χ4n) is 8.15. The van der Waals surface area contributed by atoms with Crippen molar-refractivity contribution >= 4 is 19.8 Å². The first-order chi connectivity index (χ1) is 35.0. The molecule has 0 amide bonds. The number of unbranched alkanes of at least 4 members (excludes halogenated alkanes) is 28. The van der Waals surface area contributed by atoms with Gasteiger partial charge in [0.2, 0.25) is 0 Å². The normalized spacial score (nSPS) is 13.8. The standard InChI is InChI=1S/C62H112NO8P/c1-6-8-10-12-14-16-18-20-22-24-26-28-30-31-33-34-36-38-40-42-44-46-48-50-52-54-61(64)68-58-60(59-70-72(66,67)69-57-56-63(3,4)5)71-62(65)55-53-51-49-47-45-43-41-39-37-35-32-29-27-25-23-21-19-17-15-13-11-9-7-2/h9,11,15,17-18,20-21,23-24,26-27,29,60H,6-8,10,12-14,16,19,22,25,28,30-59H2,1-5H3/b11-9-,17-15-,20-18-,23-21-,26-24-,29-27-. The molecule has 9 nitrogen and oxygen atoms in total. The number of quaternary nitrogens is 1. The molecular weight excluding hydrogens is 918 g/mol. The summed E-state index contributed by atoms with van der Waals surface area (Å²) >= 11 is 0. The molecule has 72 heavy (non-hydrogen) atoms. The number of allylic oxidation sites excluding steroid dienone is 12. The molecule has 0 aliphatic rings. The van der Waals surface area contributed by atoms with E-state index in [1.807, 2.05) is 21.1 Å². The minimum absolute atomic E-state index is 0.0339. The third kappa shape index (κ3) is 56.7. The topological polar surface area (TPSA) is 111 Å². The van der Waals surface area contributed by atoms with Gasteiger partial charge in [0, 0.05) is 12.8 Å². The highest BCUT2D eigenvalue weighted by Crippen LogP contribution is 2.38. The Morgan fingerprint density at radius 1 is 0.444 bits per heavy atom. The summed E-state index contributed by atoms with van der Waals surface area (Å²) < 4.78 is 34.2. The average Bonchev–Trinajstić information content (AvgIpc) is 3.34. The van der Waals surface area contributed by atoms with Gasteiger partial charge in [0.1, 0.15) is 19.8 Å². The number of hydrogen-bond donors (Lipinski definition) is 0. The molecule has 0 radical (unpaired) electrons. The molecule has 0 N–H and O–H groups in total. The van der Waals surface area contributed by atoms with E-state index >= 15 is 0 Å². The maximum atomic E-state index is 12.8. The number of nitrogens with zero attached hydrogens (tertiary/aromatic N) is 1. The van der Waals surface area contributed by atoms with Crippen LogP contribution in [0.1, 0.15) is 258 Å². The number of ether oxygens (including phenoxy) is 2. The van der Waals surface area contributed by atoms with E-state index in [0.717, 1.165) is 77.0 Å². The molecule has 0 heterocycles. The van der Waals surface area contributed by atoms with Crippen LogP contribution in [-0.2, 0) is 32.7 Å². The Bertz CT molecular complexity index is 1450. The molecule has 0 saturated carbocycles. The number of rotatable bonds is 54. The van der Waals surface area contributed by atoms with Gasteiger partial charge >= 0.3 is 11.9 Å². The van der Waals surface area contributed by atoms with Crippen molar-refractivity contribution in [1.29, 1.82) is 0 Å². The summed E-state index contributed by atoms with van der Waals surface area (Å²) in [7, 11) is 1.16. The van der Waals surface area contributed by atoms with E-state index in [4.69, 9.17) is 18.5 Å². The molecule has 2 unspecified atom stereocenters. The second-order valence-electron chi connectivity index (χ2n) is 21.0. The lowest BCUT2D eigenvalue weighted by molar-refractivity contribution is -0.870. The van der Waals surface area contributed by atoms with Crippen molar-refractivity contribution in [3.63, 3.8) is 0 Å². The molecule has 0 rings (SSSR count). The highest BCUT2D eigenvalue weighted by molar-refractivity contribution is 7.45. The molecule has 0 aromatic heterocycles. The third-order valence-corrected chi connectivity index (χ3v) is 13.7. The van der Waals surface area contributed by atoms with Gasteiger partial charge < -0.3 is 27.9 Å². The maximum Gasteiger partial charge on any atom is 0.306 e. The Labute approximate surface area is 444 Å². The van der Waals surface area contributed by atoms with E-state index in [2.05, 4.69) is 86.8 Å². The molecule has 10 heteroatoms. The van der Waals surface area contributed by atoms with Gasteiger partial charge in [-0.3, -0.25) is 14.2 Å². The lowest BCUT2D eigenvalue weighted by atomic mass is 10.0. The number of phosphoric acid groups is 1. The van der Waals surface area contributed by atoms with E-state index in [1.54, 1.807) is 0 Å². The van der Waals surface area contributed by atoms with E-state index < -0.39 is 26.5 Å². The lowest BCUT2D eigenvalue weighted by Gasteiger charge is -2.28. The monoisotopic (exact) mass is 1030 g/mol. The lowest BCUT2D eigenvalue weighted by Crippen LogP contribution is -2.37. The fourth-order valence-corrected chi connectivity index (χ4v) is 8.88. The summed E-state index contributed by atoms with van der Waals surface area (Å²) in [4.78, 5) is 37.9. The average molecular weight is 1030 g/mol. The number of phosphoric ester groups is 1. The molecule has 0 bridgehead atoms. The first kappa shape index (κ1) is 69.5. The molecule has 0 aliphatic carbocycles. The van der Waals surface area contributed by atoms with Crippen LogP contribution >= 0.6 is 7.82 Å². The van der Waals surface area contributed by atoms with Gasteiger partial charge in [-0.2, -0.15) is 0 Å². The second kappa shape index (κ2) is 53.3. The molecule has 0 spiro atoms. The number of carbonyl (C=O) groups excluding carboxylic acids is 2. The highest BCUT2D eigenvalue weighted by Gasteiger charge is 2.22. The Morgan fingerprint density at radius 3 is 1.18 bits per heavy atom. The Morgan fingerprint density at radius 2 is 0.792 bits per heavy atom. The summed E-state index contributed by atoms with van der Waals surface area (Å²) in [6.07, 6.45) is 69.4. The smallest absolute Gasteiger partial charge is 0.306 e. The van der Waals surface area contributed by atoms with Gasteiger partial charge in [-0.1, -0.05) is 234 Å². The van der Waals surface area contributed by atoms with Crippen LogP contribution in [0.3, 0.4) is 0 Å². The Kier molecular flexibility index (Phi) is 51.4. The van der Waals surface area contributed by atoms with Crippen molar-refractivity contribution in [1.82, 2.24) is 0 Å². The molecule has 0 saturated heterocycles. The predicted octanol–water partition coefficient (Wildman–Crippen LogP) is 17.8. The van der Waals surface area contributed by atoms with Crippen molar-refractivity contribution in [3.8, 4) is 0 Å². The molecule has 0 aliphatic heterocycles. The first-order valence-corrected chi connectivity index (χ1v) is 31.1. The summed E-state index contributed by atoms with van der Waals surface area (Å²) in [5.74, 6) is -0.835. The van der Waals surface area contributed by atoms with Crippen molar-refractivity contribution in [2.75, 3.05) is 47.5 Å². The zero-order valence-corrected chi connectivity index (χ0v) is 48.3. The van der Waals surface area contributed by atoms with Crippen molar-refractivity contribution in [3.05, 3.63) is 72.9 Å². The fraction of sp³-hybridized carbons (Fsp3) is 0.774. The number of carbonyl (C=O) groups is 2. The number of likely N-dealkylation sites (N-methyl/N-ethyl adjacent to an activating group) is 1. The number of esters is 2. The molecule has 2 atom stereocenters. The van der Waals surface area contributed by atoms with Crippen molar-refractivity contribution in [2.45, 2.75) is 264 Å². The minimum atomic E-state index is -4.64. The minimum Gasteiger partial charge on any atom is -0.756 e. The van der Waals surface area contributed by atoms with E-state index in [1.165, 1.54) is 148 Å². The van der Waals surface area contributed by atoms with Gasteiger partial charge in [0.25, 0.3) is 7.82 Å². The third-order valence-electron chi connectivity index (χ3n) is 12.7. The Balaban J connectivity index is 4.16. The van der Waals surface area contributed by atoms with E-state index in [-0.39, 0.29) is 32.0 Å². The van der Waals surface area contributed by atoms with Gasteiger partial charge in [0.05, 0.1) is 27.7 Å². The van der Waals surface area contributed by atoms with Crippen LogP contribution in [0.15, 0.2) is 72.9 Å². The second-order valence-corrected chi connectivity index (χ2v) is 22.4. The molecule has 0 fully saturated rings. The van der Waals surface area contributed by atoms with Crippen molar-refractivity contribution in [2.24, 2.45) is 0 Å². The Hall–Kier alpha value is -2.55. The molecule has 0 aromatic rings. The van der Waals surface area contributed by atoms with Crippen LogP contribution in [0, 0.1) is 0 Å². The summed E-state index contributed by atoms with van der Waals surface area (Å²) in [5.41, 5.74) is 0. The van der Waals surface area contributed by atoms with Crippen LogP contribution in [0.2, 0.25) is 0 Å². The predicted molar refractivity (Wildman–Crippen MR) is 305 cm³/mol. The van der Waals surface area contributed by atoms with Gasteiger partial charge in [-0.25, -0.2) is 0 Å². The van der Waals surface area contributed by atoms with Crippen LogP contribution in [0.25, 0.3) is 0 Å². The summed E-state index contributed by atoms with van der Waals surface area (Å²) in [5, 5.41) is 0. The molecule has 418 valence electrons. The number of hydrogen-bond acceptors (Lipinski definition) is 8. The largest absolute Gasteiger partial charge is 0.756 e. The summed E-state index contributed by atoms with van der Waals surface area (Å²) in [6, 6.07) is 0. The maximum absolute atomic E-state index is 12.8. The van der Waals surface area contributed by atoms with Crippen LogP contribution in [-0.4, -0.2) is 70.0 Å². The quantitative estimate of drug-likeness (QED) is 0.0195. The van der Waals surface area contributed by atoms with E-state index in [9.17, 15) is 19.0 Å². The van der Waals surface area contributed by atoms with Gasteiger partial charge in [-0.15, -0.1) is 0 Å². The van der Waals surface area contributed by atoms with Crippen molar-refractivity contribution < 1.29 is 42.1 Å². The van der Waals surface area contributed by atoms with E-state index in [0.29, 0.717) is 17.4 Å². The van der Waals surface area contributed by atoms with Gasteiger partial charge in [0.15, 0.2) is 6.10 Å². The SMILES string of the molecule is CC/C=C\C/C=C\C/C=C\C/C=C\CCCCCCCCCCCCC(=O)OC(COC(=O)CCCCCCCCCCCCCCC/C=C\C/C=C\CCCCCCC)COP(=O)([O-])OCC[N+](C)(C)C. The van der Waals surface area contributed by atoms with Crippen LogP contribution in [0.5, 0.6) is 0 Å². The molecule has 0 aromatic carbocycles.